The third-order valence-electron chi connectivity index (χ3n) is 2.22. The summed E-state index contributed by atoms with van der Waals surface area (Å²) in [6, 6.07) is 0. The van der Waals surface area contributed by atoms with E-state index in [1.807, 2.05) is 6.92 Å². The van der Waals surface area contributed by atoms with Crippen molar-refractivity contribution >= 4 is 22.1 Å². The van der Waals surface area contributed by atoms with E-state index in [4.69, 9.17) is 4.55 Å². The molecule has 7 nitrogen and oxygen atoms in total. The Bertz CT molecular complexity index is 379. The molecule has 9 heteroatoms. The van der Waals surface area contributed by atoms with Gasteiger partial charge in [0.05, 0.1) is 6.61 Å². The first-order chi connectivity index (χ1) is 8.29. The molecule has 0 radical (unpaired) electrons. The molecule has 106 valence electrons. The third-order valence-corrected chi connectivity index (χ3v) is 3.29. The Morgan fingerprint density at radius 2 is 1.84 bits per heavy atom. The van der Waals surface area contributed by atoms with Crippen LogP contribution in [0.25, 0.3) is 0 Å². The number of carboxylic acids is 1. The van der Waals surface area contributed by atoms with Crippen LogP contribution in [-0.2, 0) is 24.4 Å². The van der Waals surface area contributed by atoms with Crippen molar-refractivity contribution < 1.29 is 83.8 Å². The number of aliphatic carboxylic acids is 1. The SMILES string of the molecule is CCCCCCOC(=O)C(CC(=O)[O-])S(=O)(=O)O.[K+]. The zero-order valence-electron chi connectivity index (χ0n) is 11.1. The molecule has 0 aromatic rings. The monoisotopic (exact) mass is 320 g/mol. The second-order valence-electron chi connectivity index (χ2n) is 3.81. The Balaban J connectivity index is 0. The molecule has 0 bridgehead atoms. The molecule has 0 aliphatic heterocycles. The Kier molecular flexibility index (Phi) is 12.8. The molecule has 19 heavy (non-hydrogen) atoms. The summed E-state index contributed by atoms with van der Waals surface area (Å²) in [5.41, 5.74) is 0. The number of carboxylic acid groups (broad SMARTS) is 1. The molecular formula is C10H17KO7S. The van der Waals surface area contributed by atoms with Crippen LogP contribution in [0.4, 0.5) is 0 Å². The van der Waals surface area contributed by atoms with E-state index in [0.29, 0.717) is 6.42 Å². The first kappa shape index (κ1) is 21.8. The van der Waals surface area contributed by atoms with Crippen LogP contribution >= 0.6 is 0 Å². The number of ether oxygens (including phenoxy) is 1. The zero-order chi connectivity index (χ0) is 14.2. The van der Waals surface area contributed by atoms with Gasteiger partial charge >= 0.3 is 57.4 Å². The van der Waals surface area contributed by atoms with Crippen molar-refractivity contribution in [2.45, 2.75) is 44.3 Å². The summed E-state index contributed by atoms with van der Waals surface area (Å²) in [4.78, 5) is 21.6. The third kappa shape index (κ3) is 10.9. The largest absolute Gasteiger partial charge is 1.00 e. The second-order valence-corrected chi connectivity index (χ2v) is 5.41. The van der Waals surface area contributed by atoms with Crippen LogP contribution in [0.5, 0.6) is 0 Å². The van der Waals surface area contributed by atoms with E-state index in [0.717, 1.165) is 19.3 Å². The molecule has 0 aromatic carbocycles. The van der Waals surface area contributed by atoms with Gasteiger partial charge in [-0.15, -0.1) is 0 Å². The Labute approximate surface area is 155 Å². The Morgan fingerprint density at radius 3 is 2.26 bits per heavy atom. The van der Waals surface area contributed by atoms with Gasteiger partial charge in [0.2, 0.25) is 0 Å². The first-order valence-electron chi connectivity index (χ1n) is 5.61. The van der Waals surface area contributed by atoms with Gasteiger partial charge in [-0.2, -0.15) is 8.42 Å². The van der Waals surface area contributed by atoms with Crippen LogP contribution in [0.15, 0.2) is 0 Å². The Hall–Kier alpha value is 0.486. The number of hydrogen-bond donors (Lipinski definition) is 1. The smallest absolute Gasteiger partial charge is 0.550 e. The van der Waals surface area contributed by atoms with E-state index < -0.39 is 33.7 Å². The van der Waals surface area contributed by atoms with Gasteiger partial charge in [-0.3, -0.25) is 9.35 Å². The van der Waals surface area contributed by atoms with Crippen molar-refractivity contribution in [3.8, 4) is 0 Å². The zero-order valence-corrected chi connectivity index (χ0v) is 15.1. The van der Waals surface area contributed by atoms with Gasteiger partial charge in [-0.1, -0.05) is 26.2 Å². The van der Waals surface area contributed by atoms with Crippen LogP contribution < -0.4 is 56.5 Å². The van der Waals surface area contributed by atoms with Crippen molar-refractivity contribution in [2.75, 3.05) is 6.61 Å². The standard InChI is InChI=1S/C10H18O7S.K/c1-2-3-4-5-6-17-10(13)8(7-9(11)12)18(14,15)16;/h8H,2-7H2,1H3,(H,11,12)(H,14,15,16);/q;+1/p-1. The van der Waals surface area contributed by atoms with E-state index >= 15 is 0 Å². The number of carbonyl (C=O) groups is 2. The maximum atomic E-state index is 11.3. The van der Waals surface area contributed by atoms with Crippen molar-refractivity contribution in [1.82, 2.24) is 0 Å². The summed E-state index contributed by atoms with van der Waals surface area (Å²) in [7, 11) is -4.80. The van der Waals surface area contributed by atoms with E-state index in [2.05, 4.69) is 4.74 Å². The summed E-state index contributed by atoms with van der Waals surface area (Å²) < 4.78 is 34.9. The molecule has 0 aromatic heterocycles. The van der Waals surface area contributed by atoms with Crippen molar-refractivity contribution in [3.05, 3.63) is 0 Å². The molecule has 0 heterocycles. The van der Waals surface area contributed by atoms with Crippen LogP contribution in [0, 0.1) is 0 Å². The van der Waals surface area contributed by atoms with E-state index in [-0.39, 0.29) is 58.0 Å². The summed E-state index contributed by atoms with van der Waals surface area (Å²) in [6.45, 7) is 2.00. The van der Waals surface area contributed by atoms with Crippen LogP contribution in [0.1, 0.15) is 39.0 Å². The number of rotatable bonds is 9. The van der Waals surface area contributed by atoms with Crippen molar-refractivity contribution in [1.29, 1.82) is 0 Å². The predicted octanol–water partition coefficient (Wildman–Crippen LogP) is -3.49. The minimum atomic E-state index is -4.80. The summed E-state index contributed by atoms with van der Waals surface area (Å²) in [5.74, 6) is -3.02. The fourth-order valence-electron chi connectivity index (χ4n) is 1.26. The predicted molar refractivity (Wildman–Crippen MR) is 60.1 cm³/mol. The molecule has 0 amide bonds. The van der Waals surface area contributed by atoms with Crippen molar-refractivity contribution in [2.24, 2.45) is 0 Å². The van der Waals surface area contributed by atoms with Crippen LogP contribution in [0.2, 0.25) is 0 Å². The number of esters is 1. The molecular weight excluding hydrogens is 303 g/mol. The average Bonchev–Trinajstić information content (AvgIpc) is 2.23. The van der Waals surface area contributed by atoms with Gasteiger partial charge < -0.3 is 14.6 Å². The molecule has 0 saturated heterocycles. The number of hydrogen-bond acceptors (Lipinski definition) is 6. The molecule has 0 spiro atoms. The van der Waals surface area contributed by atoms with E-state index in [1.165, 1.54) is 0 Å². The van der Waals surface area contributed by atoms with Gasteiger partial charge in [-0.05, 0) is 6.42 Å². The molecule has 0 aliphatic rings. The molecule has 0 aliphatic carbocycles. The molecule has 0 rings (SSSR count). The number of carbonyl (C=O) groups excluding carboxylic acids is 2. The quantitative estimate of drug-likeness (QED) is 0.203. The Morgan fingerprint density at radius 1 is 1.26 bits per heavy atom. The van der Waals surface area contributed by atoms with Gasteiger partial charge in [0.25, 0.3) is 10.1 Å². The topological polar surface area (TPSA) is 121 Å². The fourth-order valence-corrected chi connectivity index (χ4v) is 1.91. The van der Waals surface area contributed by atoms with Crippen molar-refractivity contribution in [3.63, 3.8) is 0 Å². The van der Waals surface area contributed by atoms with E-state index in [1.54, 1.807) is 0 Å². The fraction of sp³-hybridized carbons (Fsp3) is 0.800. The molecule has 0 fully saturated rings. The summed E-state index contributed by atoms with van der Waals surface area (Å²) in [6.07, 6.45) is 2.21. The minimum absolute atomic E-state index is 0. The van der Waals surface area contributed by atoms with Crippen LogP contribution in [0.3, 0.4) is 0 Å². The maximum Gasteiger partial charge on any atom is 1.00 e. The molecule has 0 saturated carbocycles. The first-order valence-corrected chi connectivity index (χ1v) is 7.12. The average molecular weight is 320 g/mol. The van der Waals surface area contributed by atoms with Crippen LogP contribution in [-0.4, -0.2) is 36.8 Å². The van der Waals surface area contributed by atoms with E-state index in [9.17, 15) is 23.1 Å². The normalized spacial score (nSPS) is 12.3. The molecule has 1 unspecified atom stereocenters. The van der Waals surface area contributed by atoms with Gasteiger partial charge in [0.1, 0.15) is 0 Å². The maximum absolute atomic E-state index is 11.3. The summed E-state index contributed by atoms with van der Waals surface area (Å²) >= 11 is 0. The molecule has 1 N–H and O–H groups in total. The van der Waals surface area contributed by atoms with Gasteiger partial charge in [0, 0.05) is 12.4 Å². The number of unbranched alkanes of at least 4 members (excludes halogenated alkanes) is 3. The minimum Gasteiger partial charge on any atom is -0.550 e. The second kappa shape index (κ2) is 11.2. The summed E-state index contributed by atoms with van der Waals surface area (Å²) in [5, 5.41) is 8.16. The molecule has 1 atom stereocenters. The van der Waals surface area contributed by atoms with Gasteiger partial charge in [-0.25, -0.2) is 0 Å². The van der Waals surface area contributed by atoms with Gasteiger partial charge in [0.15, 0.2) is 5.25 Å².